The van der Waals surface area contributed by atoms with Crippen LogP contribution in [-0.2, 0) is 14.4 Å². The minimum absolute atomic E-state index is 0.134. The minimum Gasteiger partial charge on any atom is -0.326 e. The van der Waals surface area contributed by atoms with Gasteiger partial charge < -0.3 is 16.0 Å². The predicted molar refractivity (Wildman–Crippen MR) is 106 cm³/mol. The van der Waals surface area contributed by atoms with E-state index in [0.29, 0.717) is 17.8 Å². The highest BCUT2D eigenvalue weighted by Gasteiger charge is 2.48. The molecular weight excluding hydrogens is 342 g/mol. The lowest BCUT2D eigenvalue weighted by atomic mass is 10.1. The van der Waals surface area contributed by atoms with Gasteiger partial charge in [0, 0.05) is 24.0 Å². The molecule has 1 aliphatic carbocycles. The molecule has 2 atom stereocenters. The van der Waals surface area contributed by atoms with E-state index in [4.69, 9.17) is 0 Å². The highest BCUT2D eigenvalue weighted by Crippen LogP contribution is 2.40. The first-order valence-corrected chi connectivity index (χ1v) is 8.90. The fourth-order valence-corrected chi connectivity index (χ4v) is 2.94. The van der Waals surface area contributed by atoms with Crippen LogP contribution in [0.25, 0.3) is 0 Å². The van der Waals surface area contributed by atoms with Crippen molar-refractivity contribution in [3.63, 3.8) is 0 Å². The zero-order chi connectivity index (χ0) is 19.6. The van der Waals surface area contributed by atoms with E-state index in [9.17, 15) is 14.4 Å². The second-order valence-corrected chi connectivity index (χ2v) is 6.99. The van der Waals surface area contributed by atoms with Crippen LogP contribution in [0.4, 0.5) is 17.1 Å². The van der Waals surface area contributed by atoms with Crippen molar-refractivity contribution in [3.8, 4) is 0 Å². The van der Waals surface area contributed by atoms with E-state index < -0.39 is 0 Å². The first kappa shape index (κ1) is 18.6. The molecule has 2 unspecified atom stereocenters. The summed E-state index contributed by atoms with van der Waals surface area (Å²) in [6, 6.07) is 12.7. The Bertz CT molecular complexity index is 907. The molecule has 1 saturated carbocycles. The number of anilines is 3. The summed E-state index contributed by atoms with van der Waals surface area (Å²) in [6.07, 6.45) is 0.536. The number of amides is 3. The number of rotatable bonds is 5. The summed E-state index contributed by atoms with van der Waals surface area (Å²) in [7, 11) is 0. The van der Waals surface area contributed by atoms with Gasteiger partial charge in [-0.05, 0) is 61.7 Å². The molecule has 2 aromatic carbocycles. The molecule has 0 heterocycles. The van der Waals surface area contributed by atoms with Gasteiger partial charge in [0.25, 0.3) is 0 Å². The van der Waals surface area contributed by atoms with Crippen molar-refractivity contribution in [2.45, 2.75) is 27.2 Å². The fourth-order valence-electron chi connectivity index (χ4n) is 2.94. The lowest BCUT2D eigenvalue weighted by Crippen LogP contribution is -2.20. The summed E-state index contributed by atoms with van der Waals surface area (Å²) < 4.78 is 0. The van der Waals surface area contributed by atoms with Crippen LogP contribution in [0.2, 0.25) is 0 Å². The first-order valence-electron chi connectivity index (χ1n) is 8.90. The van der Waals surface area contributed by atoms with E-state index in [1.54, 1.807) is 24.3 Å². The second-order valence-electron chi connectivity index (χ2n) is 6.99. The average molecular weight is 365 g/mol. The third-order valence-corrected chi connectivity index (χ3v) is 4.69. The number of nitrogens with one attached hydrogen (secondary N) is 3. The Morgan fingerprint density at radius 3 is 1.89 bits per heavy atom. The third-order valence-electron chi connectivity index (χ3n) is 4.69. The van der Waals surface area contributed by atoms with Crippen LogP contribution >= 0.6 is 0 Å². The summed E-state index contributed by atoms with van der Waals surface area (Å²) in [5.74, 6) is -1.14. The number of aryl methyl sites for hydroxylation is 2. The summed E-state index contributed by atoms with van der Waals surface area (Å²) in [5.41, 5.74) is 4.22. The number of carbonyl (C=O) groups excluding carboxylic acids is 3. The maximum atomic E-state index is 12.4. The Balaban J connectivity index is 1.56. The molecule has 0 aliphatic heterocycles. The molecule has 0 bridgehead atoms. The molecule has 3 N–H and O–H groups in total. The van der Waals surface area contributed by atoms with Crippen LogP contribution in [0.1, 0.15) is 24.5 Å². The standard InChI is InChI=1S/C21H23N3O3/c1-12-7-8-17(9-13(12)2)24-21(27)19-11-18(19)20(26)23-16-6-4-5-15(10-16)22-14(3)25/h4-10,18-19H,11H2,1-3H3,(H,22,25)(H,23,26)(H,24,27). The zero-order valence-electron chi connectivity index (χ0n) is 15.6. The summed E-state index contributed by atoms with van der Waals surface area (Å²) in [4.78, 5) is 35.9. The van der Waals surface area contributed by atoms with E-state index in [-0.39, 0.29) is 29.6 Å². The molecule has 6 nitrogen and oxygen atoms in total. The highest BCUT2D eigenvalue weighted by molar-refractivity contribution is 6.03. The quantitative estimate of drug-likeness (QED) is 0.758. The van der Waals surface area contributed by atoms with Crippen molar-refractivity contribution >= 4 is 34.8 Å². The van der Waals surface area contributed by atoms with Crippen LogP contribution in [0, 0.1) is 25.7 Å². The van der Waals surface area contributed by atoms with Gasteiger partial charge in [0.2, 0.25) is 17.7 Å². The van der Waals surface area contributed by atoms with Gasteiger partial charge >= 0.3 is 0 Å². The normalized spacial score (nSPS) is 17.7. The van der Waals surface area contributed by atoms with Crippen molar-refractivity contribution < 1.29 is 14.4 Å². The maximum Gasteiger partial charge on any atom is 0.228 e. The van der Waals surface area contributed by atoms with Crippen molar-refractivity contribution in [1.82, 2.24) is 0 Å². The number of hydrogen-bond donors (Lipinski definition) is 3. The van der Waals surface area contributed by atoms with E-state index in [2.05, 4.69) is 16.0 Å². The molecule has 0 spiro atoms. The lowest BCUT2D eigenvalue weighted by molar-refractivity contribution is -0.122. The molecule has 0 saturated heterocycles. The molecule has 27 heavy (non-hydrogen) atoms. The first-order chi connectivity index (χ1) is 12.8. The van der Waals surface area contributed by atoms with Gasteiger partial charge in [-0.2, -0.15) is 0 Å². The van der Waals surface area contributed by atoms with E-state index in [0.717, 1.165) is 16.8 Å². The topological polar surface area (TPSA) is 87.3 Å². The van der Waals surface area contributed by atoms with E-state index in [1.165, 1.54) is 6.92 Å². The lowest BCUT2D eigenvalue weighted by Gasteiger charge is -2.09. The Kier molecular flexibility index (Phi) is 5.26. The van der Waals surface area contributed by atoms with Gasteiger partial charge in [-0.3, -0.25) is 14.4 Å². The van der Waals surface area contributed by atoms with Crippen molar-refractivity contribution in [2.24, 2.45) is 11.8 Å². The SMILES string of the molecule is CC(=O)Nc1cccc(NC(=O)C2CC2C(=O)Nc2ccc(C)c(C)c2)c1. The molecule has 1 aliphatic rings. The monoisotopic (exact) mass is 365 g/mol. The second kappa shape index (κ2) is 7.61. The van der Waals surface area contributed by atoms with Crippen molar-refractivity contribution in [1.29, 1.82) is 0 Å². The van der Waals surface area contributed by atoms with Gasteiger partial charge in [-0.1, -0.05) is 12.1 Å². The van der Waals surface area contributed by atoms with Gasteiger partial charge in [0.05, 0.1) is 11.8 Å². The van der Waals surface area contributed by atoms with Gasteiger partial charge in [0.15, 0.2) is 0 Å². The van der Waals surface area contributed by atoms with Gasteiger partial charge in [0.1, 0.15) is 0 Å². The Hall–Kier alpha value is -3.15. The van der Waals surface area contributed by atoms with Crippen molar-refractivity contribution in [3.05, 3.63) is 53.6 Å². The average Bonchev–Trinajstić information content (AvgIpc) is 3.39. The van der Waals surface area contributed by atoms with Crippen LogP contribution in [0.5, 0.6) is 0 Å². The van der Waals surface area contributed by atoms with Crippen LogP contribution < -0.4 is 16.0 Å². The van der Waals surface area contributed by atoms with Crippen LogP contribution in [-0.4, -0.2) is 17.7 Å². The number of benzene rings is 2. The van der Waals surface area contributed by atoms with Gasteiger partial charge in [-0.15, -0.1) is 0 Å². The molecule has 0 aromatic heterocycles. The van der Waals surface area contributed by atoms with Crippen LogP contribution in [0.3, 0.4) is 0 Å². The maximum absolute atomic E-state index is 12.4. The van der Waals surface area contributed by atoms with Crippen molar-refractivity contribution in [2.75, 3.05) is 16.0 Å². The Labute approximate surface area is 158 Å². The molecule has 3 amide bonds. The summed E-state index contributed by atoms with van der Waals surface area (Å²) in [5, 5.41) is 8.37. The molecule has 0 radical (unpaired) electrons. The molecule has 1 fully saturated rings. The summed E-state index contributed by atoms with van der Waals surface area (Å²) >= 11 is 0. The molecule has 140 valence electrons. The predicted octanol–water partition coefficient (Wildman–Crippen LogP) is 3.48. The number of hydrogen-bond acceptors (Lipinski definition) is 3. The highest BCUT2D eigenvalue weighted by atomic mass is 16.2. The van der Waals surface area contributed by atoms with Gasteiger partial charge in [-0.25, -0.2) is 0 Å². The Morgan fingerprint density at radius 1 is 0.778 bits per heavy atom. The molecular formula is C21H23N3O3. The Morgan fingerprint density at radius 2 is 1.33 bits per heavy atom. The fraction of sp³-hybridized carbons (Fsp3) is 0.286. The third kappa shape index (κ3) is 4.73. The zero-order valence-corrected chi connectivity index (χ0v) is 15.6. The molecule has 6 heteroatoms. The minimum atomic E-state index is -0.332. The molecule has 2 aromatic rings. The summed E-state index contributed by atoms with van der Waals surface area (Å²) in [6.45, 7) is 5.44. The number of carbonyl (C=O) groups is 3. The largest absolute Gasteiger partial charge is 0.326 e. The van der Waals surface area contributed by atoms with E-state index in [1.807, 2.05) is 32.0 Å². The smallest absolute Gasteiger partial charge is 0.228 e. The van der Waals surface area contributed by atoms with Crippen LogP contribution in [0.15, 0.2) is 42.5 Å². The molecule has 3 rings (SSSR count). The van der Waals surface area contributed by atoms with E-state index >= 15 is 0 Å².